The molecule has 3 N–H and O–H groups in total. The van der Waals surface area contributed by atoms with Crippen LogP contribution < -0.4 is 11.0 Å². The molecule has 1 saturated heterocycles. The summed E-state index contributed by atoms with van der Waals surface area (Å²) >= 11 is 0. The van der Waals surface area contributed by atoms with E-state index in [1.54, 1.807) is 0 Å². The minimum Gasteiger partial charge on any atom is -0.316 e. The highest BCUT2D eigenvalue weighted by molar-refractivity contribution is 5.74. The first-order valence-corrected chi connectivity index (χ1v) is 6.81. The minimum atomic E-state index is -0.141. The van der Waals surface area contributed by atoms with Crippen LogP contribution in [0.25, 0.3) is 11.0 Å². The molecule has 1 aromatic heterocycles. The van der Waals surface area contributed by atoms with E-state index in [4.69, 9.17) is 0 Å². The monoisotopic (exact) mass is 260 g/mol. The van der Waals surface area contributed by atoms with Crippen molar-refractivity contribution in [1.82, 2.24) is 20.2 Å². The van der Waals surface area contributed by atoms with Gasteiger partial charge in [-0.15, -0.1) is 0 Å². The molecule has 1 aromatic carbocycles. The van der Waals surface area contributed by atoms with Crippen LogP contribution in [0.1, 0.15) is 12.0 Å². The molecular weight excluding hydrogens is 240 g/mol. The average Bonchev–Trinajstić information content (AvgIpc) is 2.96. The second-order valence-electron chi connectivity index (χ2n) is 5.51. The van der Waals surface area contributed by atoms with Crippen molar-refractivity contribution >= 4 is 11.0 Å². The van der Waals surface area contributed by atoms with Crippen LogP contribution in [0.3, 0.4) is 0 Å². The van der Waals surface area contributed by atoms with Crippen molar-refractivity contribution in [2.45, 2.75) is 13.0 Å². The molecule has 5 heteroatoms. The molecular formula is C14H20N4O. The van der Waals surface area contributed by atoms with Gasteiger partial charge in [0.15, 0.2) is 0 Å². The number of hydrogen-bond donors (Lipinski definition) is 3. The Balaban J connectivity index is 1.67. The van der Waals surface area contributed by atoms with Gasteiger partial charge in [0.1, 0.15) is 0 Å². The van der Waals surface area contributed by atoms with Crippen LogP contribution in [0.15, 0.2) is 23.0 Å². The van der Waals surface area contributed by atoms with E-state index < -0.39 is 0 Å². The van der Waals surface area contributed by atoms with Crippen LogP contribution >= 0.6 is 0 Å². The van der Waals surface area contributed by atoms with Gasteiger partial charge in [-0.1, -0.05) is 6.07 Å². The number of nitrogens with zero attached hydrogens (tertiary/aromatic N) is 1. The van der Waals surface area contributed by atoms with E-state index >= 15 is 0 Å². The molecule has 1 aliphatic heterocycles. The summed E-state index contributed by atoms with van der Waals surface area (Å²) < 4.78 is 0. The van der Waals surface area contributed by atoms with Crippen molar-refractivity contribution in [3.8, 4) is 0 Å². The molecule has 102 valence electrons. The number of aromatic nitrogens is 2. The minimum absolute atomic E-state index is 0.141. The lowest BCUT2D eigenvalue weighted by atomic mass is 10.1. The van der Waals surface area contributed by atoms with Crippen molar-refractivity contribution in [2.24, 2.45) is 5.92 Å². The average molecular weight is 260 g/mol. The standard InChI is InChI=1S/C14H20N4O/c1-18(9-11-4-5-15-7-11)8-10-2-3-12-13(6-10)17-14(19)16-12/h2-3,6,11,15H,4-5,7-9H2,1H3,(H2,16,17,19). The Morgan fingerprint density at radius 1 is 1.32 bits per heavy atom. The Morgan fingerprint density at radius 2 is 2.16 bits per heavy atom. The van der Waals surface area contributed by atoms with Crippen LogP contribution in [0.2, 0.25) is 0 Å². The molecule has 0 radical (unpaired) electrons. The third kappa shape index (κ3) is 2.88. The highest BCUT2D eigenvalue weighted by Gasteiger charge is 2.16. The lowest BCUT2D eigenvalue weighted by molar-refractivity contribution is 0.278. The predicted octanol–water partition coefficient (Wildman–Crippen LogP) is 0.897. The molecule has 1 unspecified atom stereocenters. The number of imidazole rings is 1. The Hall–Kier alpha value is -1.59. The topological polar surface area (TPSA) is 63.9 Å². The van der Waals surface area contributed by atoms with Gasteiger partial charge in [-0.2, -0.15) is 0 Å². The normalized spacial score (nSPS) is 19.6. The van der Waals surface area contributed by atoms with Crippen LogP contribution in [0.4, 0.5) is 0 Å². The van der Waals surface area contributed by atoms with Crippen molar-refractivity contribution in [3.63, 3.8) is 0 Å². The maximum atomic E-state index is 11.2. The third-order valence-corrected chi connectivity index (χ3v) is 3.77. The molecule has 5 nitrogen and oxygen atoms in total. The first kappa shape index (κ1) is 12.4. The van der Waals surface area contributed by atoms with Gasteiger partial charge in [0.2, 0.25) is 0 Å². The molecule has 19 heavy (non-hydrogen) atoms. The molecule has 0 bridgehead atoms. The summed E-state index contributed by atoms with van der Waals surface area (Å²) in [6, 6.07) is 6.10. The summed E-state index contributed by atoms with van der Waals surface area (Å²) in [5, 5.41) is 3.40. The molecule has 0 amide bonds. The fraction of sp³-hybridized carbons (Fsp3) is 0.500. The van der Waals surface area contributed by atoms with Gasteiger partial charge in [0.05, 0.1) is 11.0 Å². The fourth-order valence-electron chi connectivity index (χ4n) is 2.87. The highest BCUT2D eigenvalue weighted by Crippen LogP contribution is 2.14. The van der Waals surface area contributed by atoms with Gasteiger partial charge in [-0.25, -0.2) is 4.79 Å². The summed E-state index contributed by atoms with van der Waals surface area (Å²) in [4.78, 5) is 19.1. The Bertz CT molecular complexity index is 609. The molecule has 0 saturated carbocycles. The van der Waals surface area contributed by atoms with Gasteiger partial charge in [-0.3, -0.25) is 0 Å². The van der Waals surface area contributed by atoms with Crippen molar-refractivity contribution in [1.29, 1.82) is 0 Å². The summed E-state index contributed by atoms with van der Waals surface area (Å²) in [5.74, 6) is 0.765. The van der Waals surface area contributed by atoms with Crippen molar-refractivity contribution < 1.29 is 0 Å². The molecule has 0 aliphatic carbocycles. The summed E-state index contributed by atoms with van der Waals surface area (Å²) in [6.07, 6.45) is 1.27. The summed E-state index contributed by atoms with van der Waals surface area (Å²) in [7, 11) is 2.16. The third-order valence-electron chi connectivity index (χ3n) is 3.77. The molecule has 1 atom stereocenters. The zero-order valence-corrected chi connectivity index (χ0v) is 11.2. The molecule has 2 aromatic rings. The molecule has 1 aliphatic rings. The molecule has 0 spiro atoms. The van der Waals surface area contributed by atoms with Gasteiger partial charge in [-0.05, 0) is 50.2 Å². The second kappa shape index (κ2) is 5.19. The number of aromatic amines is 2. The maximum Gasteiger partial charge on any atom is 0.323 e. The van der Waals surface area contributed by atoms with E-state index in [1.807, 2.05) is 6.07 Å². The Kier molecular flexibility index (Phi) is 3.40. The van der Waals surface area contributed by atoms with Crippen molar-refractivity contribution in [2.75, 3.05) is 26.7 Å². The van der Waals surface area contributed by atoms with Gasteiger partial charge >= 0.3 is 5.69 Å². The molecule has 3 rings (SSSR count). The summed E-state index contributed by atoms with van der Waals surface area (Å²) in [5.41, 5.74) is 2.85. The number of nitrogens with one attached hydrogen (secondary N) is 3. The van der Waals surface area contributed by atoms with E-state index in [-0.39, 0.29) is 5.69 Å². The smallest absolute Gasteiger partial charge is 0.316 e. The molecule has 2 heterocycles. The first-order valence-electron chi connectivity index (χ1n) is 6.81. The molecule has 1 fully saturated rings. The fourth-order valence-corrected chi connectivity index (χ4v) is 2.87. The van der Waals surface area contributed by atoms with E-state index in [1.165, 1.54) is 12.0 Å². The number of rotatable bonds is 4. The van der Waals surface area contributed by atoms with Crippen LogP contribution in [-0.4, -0.2) is 41.5 Å². The number of H-pyrrole nitrogens is 2. The zero-order chi connectivity index (χ0) is 13.2. The first-order chi connectivity index (χ1) is 9.20. The van der Waals surface area contributed by atoms with E-state index in [0.29, 0.717) is 0 Å². The van der Waals surface area contributed by atoms with Gasteiger partial charge in [0.25, 0.3) is 0 Å². The highest BCUT2D eigenvalue weighted by atomic mass is 16.1. The lowest BCUT2D eigenvalue weighted by Crippen LogP contribution is -2.26. The number of hydrogen-bond acceptors (Lipinski definition) is 3. The second-order valence-corrected chi connectivity index (χ2v) is 5.51. The van der Waals surface area contributed by atoms with E-state index in [0.717, 1.165) is 43.1 Å². The Morgan fingerprint density at radius 3 is 2.95 bits per heavy atom. The number of fused-ring (bicyclic) bond motifs is 1. The predicted molar refractivity (Wildman–Crippen MR) is 76.2 cm³/mol. The van der Waals surface area contributed by atoms with Gasteiger partial charge < -0.3 is 20.2 Å². The SMILES string of the molecule is CN(Cc1ccc2[nH]c(=O)[nH]c2c1)CC1CCNC1. The van der Waals surface area contributed by atoms with Crippen LogP contribution in [-0.2, 0) is 6.54 Å². The number of benzene rings is 1. The maximum absolute atomic E-state index is 11.2. The Labute approximate surface area is 112 Å². The zero-order valence-electron chi connectivity index (χ0n) is 11.2. The van der Waals surface area contributed by atoms with Gasteiger partial charge in [0, 0.05) is 13.1 Å². The van der Waals surface area contributed by atoms with Crippen molar-refractivity contribution in [3.05, 3.63) is 34.2 Å². The van der Waals surface area contributed by atoms with E-state index in [2.05, 4.69) is 39.4 Å². The largest absolute Gasteiger partial charge is 0.323 e. The quantitative estimate of drug-likeness (QED) is 0.765. The summed E-state index contributed by atoms with van der Waals surface area (Å²) in [6.45, 7) is 4.32. The van der Waals surface area contributed by atoms with Crippen LogP contribution in [0, 0.1) is 5.92 Å². The van der Waals surface area contributed by atoms with E-state index in [9.17, 15) is 4.79 Å². The lowest BCUT2D eigenvalue weighted by Gasteiger charge is -2.20. The van der Waals surface area contributed by atoms with Crippen LogP contribution in [0.5, 0.6) is 0 Å².